The Balaban J connectivity index is 2.98. The molecule has 0 saturated carbocycles. The largest absolute Gasteiger partial charge is 0.383 e. The summed E-state index contributed by atoms with van der Waals surface area (Å²) in [6.45, 7) is 6.49. The summed E-state index contributed by atoms with van der Waals surface area (Å²) in [5, 5.41) is 2.45. The molecule has 5 heteroatoms. The van der Waals surface area contributed by atoms with Gasteiger partial charge in [0.05, 0.1) is 0 Å². The van der Waals surface area contributed by atoms with E-state index < -0.39 is 11.6 Å². The van der Waals surface area contributed by atoms with E-state index in [9.17, 15) is 13.6 Å². The van der Waals surface area contributed by atoms with Crippen LogP contribution in [0.25, 0.3) is 0 Å². The lowest BCUT2D eigenvalue weighted by molar-refractivity contribution is 0.0701. The molecular weight excluding hydrogens is 274 g/mol. The molecule has 0 saturated heterocycles. The van der Waals surface area contributed by atoms with Crippen molar-refractivity contribution in [3.63, 3.8) is 0 Å². The van der Waals surface area contributed by atoms with Crippen LogP contribution < -0.4 is 5.32 Å². The number of benzene rings is 1. The zero-order chi connectivity index (χ0) is 16.0. The van der Waals surface area contributed by atoms with Crippen molar-refractivity contribution in [3.8, 4) is 0 Å². The fourth-order valence-electron chi connectivity index (χ4n) is 2.23. The van der Waals surface area contributed by atoms with Crippen molar-refractivity contribution in [2.24, 2.45) is 0 Å². The fourth-order valence-corrected chi connectivity index (χ4v) is 2.23. The third-order valence-electron chi connectivity index (χ3n) is 3.43. The molecule has 0 unspecified atom stereocenters. The number of hydrogen-bond acceptors (Lipinski definition) is 2. The van der Waals surface area contributed by atoms with Crippen LogP contribution in [0.5, 0.6) is 0 Å². The summed E-state index contributed by atoms with van der Waals surface area (Å²) in [6.07, 6.45) is 2.97. The number of hydrogen-bond donors (Lipinski definition) is 1. The Bertz CT molecular complexity index is 466. The zero-order valence-electron chi connectivity index (χ0n) is 13.2. The minimum Gasteiger partial charge on any atom is -0.383 e. The van der Waals surface area contributed by atoms with E-state index in [1.165, 1.54) is 7.05 Å². The van der Waals surface area contributed by atoms with Crippen molar-refractivity contribution < 1.29 is 13.6 Å². The first-order valence-electron chi connectivity index (χ1n) is 7.40. The lowest BCUT2D eigenvalue weighted by atomic mass is 10.1. The second kappa shape index (κ2) is 7.96. The van der Waals surface area contributed by atoms with Crippen LogP contribution in [-0.2, 0) is 0 Å². The monoisotopic (exact) mass is 298 g/mol. The van der Waals surface area contributed by atoms with Gasteiger partial charge < -0.3 is 10.2 Å². The number of nitrogens with zero attached hydrogens (tertiary/aromatic N) is 1. The summed E-state index contributed by atoms with van der Waals surface area (Å²) in [4.78, 5) is 14.1. The van der Waals surface area contributed by atoms with Gasteiger partial charge in [0.25, 0.3) is 5.91 Å². The first-order valence-corrected chi connectivity index (χ1v) is 7.40. The average molecular weight is 298 g/mol. The Hall–Kier alpha value is -1.65. The van der Waals surface area contributed by atoms with E-state index in [2.05, 4.69) is 12.2 Å². The molecule has 1 aromatic rings. The normalized spacial score (nSPS) is 10.8. The number of halogens is 2. The van der Waals surface area contributed by atoms with Gasteiger partial charge in [-0.1, -0.05) is 19.8 Å². The van der Waals surface area contributed by atoms with Gasteiger partial charge in [-0.15, -0.1) is 0 Å². The van der Waals surface area contributed by atoms with Gasteiger partial charge in [-0.25, -0.2) is 8.78 Å². The summed E-state index contributed by atoms with van der Waals surface area (Å²) < 4.78 is 27.5. The molecule has 0 fully saturated rings. The van der Waals surface area contributed by atoms with Gasteiger partial charge in [0, 0.05) is 25.2 Å². The maximum Gasteiger partial charge on any atom is 0.254 e. The maximum absolute atomic E-state index is 13.8. The number of nitrogens with one attached hydrogen (secondary N) is 1. The molecule has 0 bridgehead atoms. The van der Waals surface area contributed by atoms with Crippen LogP contribution in [0, 0.1) is 11.6 Å². The molecule has 1 rings (SSSR count). The summed E-state index contributed by atoms with van der Waals surface area (Å²) in [6, 6.07) is 2.17. The Morgan fingerprint density at radius 3 is 2.24 bits per heavy atom. The van der Waals surface area contributed by atoms with Gasteiger partial charge in [-0.2, -0.15) is 0 Å². The van der Waals surface area contributed by atoms with E-state index in [4.69, 9.17) is 0 Å². The van der Waals surface area contributed by atoms with E-state index in [0.29, 0.717) is 6.54 Å². The molecule has 118 valence electrons. The Labute approximate surface area is 125 Å². The Morgan fingerprint density at radius 1 is 1.24 bits per heavy atom. The summed E-state index contributed by atoms with van der Waals surface area (Å²) in [5.74, 6) is -1.84. The van der Waals surface area contributed by atoms with Crippen molar-refractivity contribution in [1.82, 2.24) is 4.90 Å². The molecule has 0 radical (unpaired) electrons. The van der Waals surface area contributed by atoms with Gasteiger partial charge in [-0.3, -0.25) is 4.79 Å². The van der Waals surface area contributed by atoms with Crippen LogP contribution >= 0.6 is 0 Å². The molecular formula is C16H24F2N2O. The van der Waals surface area contributed by atoms with E-state index in [-0.39, 0.29) is 23.2 Å². The smallest absolute Gasteiger partial charge is 0.254 e. The van der Waals surface area contributed by atoms with E-state index in [0.717, 1.165) is 31.4 Å². The van der Waals surface area contributed by atoms with Gasteiger partial charge in [0.1, 0.15) is 17.3 Å². The zero-order valence-corrected chi connectivity index (χ0v) is 13.2. The minimum absolute atomic E-state index is 0.00976. The van der Waals surface area contributed by atoms with Gasteiger partial charge in [0.15, 0.2) is 0 Å². The summed E-state index contributed by atoms with van der Waals surface area (Å²) in [7, 11) is 1.44. The second-order valence-corrected chi connectivity index (χ2v) is 5.36. The molecule has 0 atom stereocenters. The van der Waals surface area contributed by atoms with E-state index >= 15 is 0 Å². The van der Waals surface area contributed by atoms with Crippen LogP contribution in [0.15, 0.2) is 12.1 Å². The van der Waals surface area contributed by atoms with Crippen LogP contribution in [0.3, 0.4) is 0 Å². The summed E-state index contributed by atoms with van der Waals surface area (Å²) >= 11 is 0. The third-order valence-corrected chi connectivity index (χ3v) is 3.43. The minimum atomic E-state index is -0.752. The van der Waals surface area contributed by atoms with E-state index in [1.54, 1.807) is 4.90 Å². The number of unbranched alkanes of at least 4 members (excludes halogenated alkanes) is 2. The first-order chi connectivity index (χ1) is 9.92. The predicted octanol–water partition coefficient (Wildman–Crippen LogP) is 4.05. The van der Waals surface area contributed by atoms with Crippen molar-refractivity contribution in [2.75, 3.05) is 18.9 Å². The molecule has 0 spiro atoms. The highest BCUT2D eigenvalue weighted by molar-refractivity contribution is 5.94. The Kier molecular flexibility index (Phi) is 6.59. The average Bonchev–Trinajstić information content (AvgIpc) is 2.42. The van der Waals surface area contributed by atoms with Crippen molar-refractivity contribution >= 4 is 11.6 Å². The van der Waals surface area contributed by atoms with Crippen molar-refractivity contribution in [3.05, 3.63) is 29.3 Å². The lowest BCUT2D eigenvalue weighted by Crippen LogP contribution is -2.37. The molecule has 21 heavy (non-hydrogen) atoms. The Morgan fingerprint density at radius 2 is 1.81 bits per heavy atom. The highest BCUT2D eigenvalue weighted by atomic mass is 19.1. The number of carbonyl (C=O) groups is 1. The first kappa shape index (κ1) is 17.4. The lowest BCUT2D eigenvalue weighted by Gasteiger charge is -2.27. The van der Waals surface area contributed by atoms with Crippen LogP contribution in [-0.4, -0.2) is 30.4 Å². The van der Waals surface area contributed by atoms with Gasteiger partial charge >= 0.3 is 0 Å². The molecule has 0 aliphatic carbocycles. The topological polar surface area (TPSA) is 32.3 Å². The highest BCUT2D eigenvalue weighted by Gasteiger charge is 2.21. The van der Waals surface area contributed by atoms with Gasteiger partial charge in [-0.05, 0) is 32.4 Å². The number of amides is 1. The molecule has 0 aromatic heterocycles. The fraction of sp³-hybridized carbons (Fsp3) is 0.562. The van der Waals surface area contributed by atoms with Crippen LogP contribution in [0.2, 0.25) is 0 Å². The van der Waals surface area contributed by atoms with Crippen LogP contribution in [0.4, 0.5) is 14.5 Å². The highest BCUT2D eigenvalue weighted by Crippen LogP contribution is 2.21. The SMILES string of the molecule is CCCCCN(C(=O)c1cc(F)c(NC)c(F)c1)C(C)C. The third kappa shape index (κ3) is 4.41. The summed E-state index contributed by atoms with van der Waals surface area (Å²) in [5.41, 5.74) is -0.164. The maximum atomic E-state index is 13.8. The standard InChI is InChI=1S/C16H24F2N2O/c1-5-6-7-8-20(11(2)3)16(21)12-9-13(17)15(19-4)14(18)10-12/h9-11,19H,5-8H2,1-4H3. The molecule has 0 aliphatic heterocycles. The molecule has 3 nitrogen and oxygen atoms in total. The van der Waals surface area contributed by atoms with Crippen molar-refractivity contribution in [2.45, 2.75) is 46.1 Å². The number of anilines is 1. The van der Waals surface area contributed by atoms with E-state index in [1.807, 2.05) is 13.8 Å². The van der Waals surface area contributed by atoms with Gasteiger partial charge in [0.2, 0.25) is 0 Å². The second-order valence-electron chi connectivity index (χ2n) is 5.36. The number of carbonyl (C=O) groups excluding carboxylic acids is 1. The van der Waals surface area contributed by atoms with Crippen molar-refractivity contribution in [1.29, 1.82) is 0 Å². The molecule has 0 heterocycles. The molecule has 1 amide bonds. The quantitative estimate of drug-likeness (QED) is 0.770. The van der Waals surface area contributed by atoms with Crippen LogP contribution in [0.1, 0.15) is 50.4 Å². The molecule has 1 N–H and O–H groups in total. The molecule has 0 aliphatic rings. The predicted molar refractivity (Wildman–Crippen MR) is 81.6 cm³/mol. The number of rotatable bonds is 7. The molecule has 1 aromatic carbocycles.